The Balaban J connectivity index is 2.13. The van der Waals surface area contributed by atoms with Gasteiger partial charge in [0.2, 0.25) is 5.91 Å². The lowest BCUT2D eigenvalue weighted by Gasteiger charge is -2.40. The Morgan fingerprint density at radius 1 is 1.19 bits per heavy atom. The number of carbonyl (C=O) groups excluding carboxylic acids is 2. The molecule has 0 atom stereocenters. The highest BCUT2D eigenvalue weighted by Gasteiger charge is 2.37. The summed E-state index contributed by atoms with van der Waals surface area (Å²) in [6.07, 6.45) is 3.72. The maximum absolute atomic E-state index is 11.5. The molecule has 0 aromatic carbocycles. The smallest absolute Gasteiger partial charge is 0.312 e. The van der Waals surface area contributed by atoms with Gasteiger partial charge in [0.25, 0.3) is 0 Å². The summed E-state index contributed by atoms with van der Waals surface area (Å²) in [4.78, 5) is 21.9. The van der Waals surface area contributed by atoms with Crippen LogP contribution in [0.15, 0.2) is 0 Å². The molecular weight excluding hydrogens is 208 g/mol. The Morgan fingerprint density at radius 3 is 2.25 bits per heavy atom. The molecule has 1 fully saturated rings. The minimum absolute atomic E-state index is 0.00331. The Morgan fingerprint density at radius 2 is 1.81 bits per heavy atom. The molecule has 0 aromatic heterocycles. The largest absolute Gasteiger partial charge is 0.354 e. The number of nitrogens with one attached hydrogen (secondary N) is 2. The van der Waals surface area contributed by atoms with Crippen LogP contribution >= 0.6 is 0 Å². The maximum atomic E-state index is 11.5. The van der Waals surface area contributed by atoms with E-state index in [9.17, 15) is 9.59 Å². The van der Waals surface area contributed by atoms with Gasteiger partial charge < -0.3 is 22.1 Å². The zero-order chi connectivity index (χ0) is 12.0. The molecule has 16 heavy (non-hydrogen) atoms. The monoisotopic (exact) mass is 228 g/mol. The van der Waals surface area contributed by atoms with Crippen LogP contribution in [-0.4, -0.2) is 31.6 Å². The summed E-state index contributed by atoms with van der Waals surface area (Å²) in [7, 11) is 0. The summed E-state index contributed by atoms with van der Waals surface area (Å²) in [5.41, 5.74) is 10.6. The van der Waals surface area contributed by atoms with Crippen LogP contribution in [0.4, 0.5) is 4.79 Å². The molecule has 6 nitrogen and oxygen atoms in total. The van der Waals surface area contributed by atoms with E-state index in [0.717, 1.165) is 19.3 Å². The first kappa shape index (κ1) is 12.8. The van der Waals surface area contributed by atoms with Gasteiger partial charge in [0.15, 0.2) is 0 Å². The summed E-state index contributed by atoms with van der Waals surface area (Å²) in [5, 5.41) is 5.14. The second kappa shape index (κ2) is 5.69. The number of hydrogen-bond acceptors (Lipinski definition) is 3. The molecule has 6 N–H and O–H groups in total. The Bertz CT molecular complexity index is 258. The summed E-state index contributed by atoms with van der Waals surface area (Å²) < 4.78 is 0. The fourth-order valence-corrected chi connectivity index (χ4v) is 1.92. The van der Waals surface area contributed by atoms with Gasteiger partial charge in [-0.2, -0.15) is 0 Å². The highest BCUT2D eigenvalue weighted by molar-refractivity contribution is 5.77. The molecule has 92 valence electrons. The first-order valence-corrected chi connectivity index (χ1v) is 5.58. The third-order valence-corrected chi connectivity index (χ3v) is 3.13. The van der Waals surface area contributed by atoms with Crippen molar-refractivity contribution in [2.75, 3.05) is 19.6 Å². The molecule has 0 spiro atoms. The van der Waals surface area contributed by atoms with Gasteiger partial charge in [-0.15, -0.1) is 0 Å². The van der Waals surface area contributed by atoms with Crippen LogP contribution in [0, 0.1) is 5.41 Å². The van der Waals surface area contributed by atoms with E-state index < -0.39 is 6.03 Å². The van der Waals surface area contributed by atoms with Crippen LogP contribution in [-0.2, 0) is 4.79 Å². The van der Waals surface area contributed by atoms with Crippen molar-refractivity contribution in [3.63, 3.8) is 0 Å². The molecule has 0 heterocycles. The van der Waals surface area contributed by atoms with Crippen LogP contribution in [0.5, 0.6) is 0 Å². The Kier molecular flexibility index (Phi) is 4.54. The van der Waals surface area contributed by atoms with Crippen LogP contribution in [0.25, 0.3) is 0 Å². The molecule has 1 rings (SSSR count). The van der Waals surface area contributed by atoms with E-state index >= 15 is 0 Å². The average molecular weight is 228 g/mol. The van der Waals surface area contributed by atoms with Gasteiger partial charge in [0.05, 0.1) is 0 Å². The van der Waals surface area contributed by atoms with E-state index in [0.29, 0.717) is 26.1 Å². The molecule has 0 bridgehead atoms. The first-order valence-electron chi connectivity index (χ1n) is 5.58. The van der Waals surface area contributed by atoms with E-state index in [1.165, 1.54) is 0 Å². The summed E-state index contributed by atoms with van der Waals surface area (Å²) in [6, 6.07) is -0.577. The predicted octanol–water partition coefficient (Wildman–Crippen LogP) is -0.710. The van der Waals surface area contributed by atoms with Crippen molar-refractivity contribution in [2.24, 2.45) is 16.9 Å². The summed E-state index contributed by atoms with van der Waals surface area (Å²) >= 11 is 0. The fraction of sp³-hybridized carbons (Fsp3) is 0.800. The molecule has 1 aliphatic rings. The zero-order valence-electron chi connectivity index (χ0n) is 9.42. The van der Waals surface area contributed by atoms with Gasteiger partial charge in [-0.1, -0.05) is 6.42 Å². The molecular formula is C10H20N4O2. The van der Waals surface area contributed by atoms with Gasteiger partial charge in [-0.3, -0.25) is 4.79 Å². The van der Waals surface area contributed by atoms with Crippen molar-refractivity contribution in [3.05, 3.63) is 0 Å². The maximum Gasteiger partial charge on any atom is 0.312 e. The second-order valence-corrected chi connectivity index (χ2v) is 4.38. The topological polar surface area (TPSA) is 110 Å². The lowest BCUT2D eigenvalue weighted by molar-refractivity contribution is -0.124. The molecule has 6 heteroatoms. The van der Waals surface area contributed by atoms with E-state index in [2.05, 4.69) is 10.6 Å². The van der Waals surface area contributed by atoms with Crippen molar-refractivity contribution in [1.82, 2.24) is 10.6 Å². The average Bonchev–Trinajstić information content (AvgIpc) is 2.18. The third kappa shape index (κ3) is 3.69. The third-order valence-electron chi connectivity index (χ3n) is 3.13. The molecule has 3 amide bonds. The van der Waals surface area contributed by atoms with E-state index in [-0.39, 0.29) is 11.3 Å². The number of nitrogens with two attached hydrogens (primary N) is 2. The van der Waals surface area contributed by atoms with Gasteiger partial charge in [0.1, 0.15) is 0 Å². The second-order valence-electron chi connectivity index (χ2n) is 4.38. The van der Waals surface area contributed by atoms with Crippen LogP contribution in [0.3, 0.4) is 0 Å². The molecule has 0 saturated heterocycles. The molecule has 0 radical (unpaired) electrons. The van der Waals surface area contributed by atoms with Crippen molar-refractivity contribution < 1.29 is 9.59 Å². The van der Waals surface area contributed by atoms with Gasteiger partial charge in [-0.25, -0.2) is 4.79 Å². The van der Waals surface area contributed by atoms with E-state index in [4.69, 9.17) is 11.5 Å². The van der Waals surface area contributed by atoms with E-state index in [1.807, 2.05) is 0 Å². The normalized spacial score (nSPS) is 17.3. The van der Waals surface area contributed by atoms with Crippen LogP contribution in [0.1, 0.15) is 25.7 Å². The standard InChI is InChI=1S/C10H20N4O2/c11-7-10(2-1-3-10)6-8(15)13-4-5-14-9(12)16/h1-7,11H2,(H,13,15)(H3,12,14,16). The highest BCUT2D eigenvalue weighted by Crippen LogP contribution is 2.42. The van der Waals surface area contributed by atoms with Gasteiger partial charge in [0, 0.05) is 19.5 Å². The number of primary amides is 1. The number of amides is 3. The summed E-state index contributed by atoms with van der Waals surface area (Å²) in [6.45, 7) is 1.33. The predicted molar refractivity (Wildman–Crippen MR) is 60.6 cm³/mol. The fourth-order valence-electron chi connectivity index (χ4n) is 1.92. The quantitative estimate of drug-likeness (QED) is 0.451. The summed E-state index contributed by atoms with van der Waals surface area (Å²) in [5.74, 6) is -0.00331. The Hall–Kier alpha value is -1.30. The SMILES string of the molecule is NCC1(CC(=O)NCCNC(N)=O)CCC1. The molecule has 0 aromatic rings. The lowest BCUT2D eigenvalue weighted by Crippen LogP contribution is -2.43. The van der Waals surface area contributed by atoms with Crippen molar-refractivity contribution in [2.45, 2.75) is 25.7 Å². The zero-order valence-corrected chi connectivity index (χ0v) is 9.42. The minimum Gasteiger partial charge on any atom is -0.354 e. The van der Waals surface area contributed by atoms with Crippen molar-refractivity contribution >= 4 is 11.9 Å². The molecule has 0 unspecified atom stereocenters. The number of hydrogen-bond donors (Lipinski definition) is 4. The number of carbonyl (C=O) groups is 2. The highest BCUT2D eigenvalue weighted by atomic mass is 16.2. The lowest BCUT2D eigenvalue weighted by atomic mass is 9.66. The minimum atomic E-state index is -0.577. The molecule has 1 aliphatic carbocycles. The number of rotatable bonds is 6. The van der Waals surface area contributed by atoms with Crippen LogP contribution in [0.2, 0.25) is 0 Å². The van der Waals surface area contributed by atoms with Crippen molar-refractivity contribution in [1.29, 1.82) is 0 Å². The van der Waals surface area contributed by atoms with Gasteiger partial charge in [-0.05, 0) is 24.8 Å². The Labute approximate surface area is 95.1 Å². The van der Waals surface area contributed by atoms with Gasteiger partial charge >= 0.3 is 6.03 Å². The van der Waals surface area contributed by atoms with Crippen molar-refractivity contribution in [3.8, 4) is 0 Å². The molecule has 0 aliphatic heterocycles. The number of urea groups is 1. The van der Waals surface area contributed by atoms with Crippen LogP contribution < -0.4 is 22.1 Å². The first-order chi connectivity index (χ1) is 7.58. The van der Waals surface area contributed by atoms with E-state index in [1.54, 1.807) is 0 Å². The molecule has 1 saturated carbocycles.